The predicted octanol–water partition coefficient (Wildman–Crippen LogP) is 3.50. The third-order valence-corrected chi connectivity index (χ3v) is 5.75. The lowest BCUT2D eigenvalue weighted by Gasteiger charge is -2.17. The van der Waals surface area contributed by atoms with Crippen LogP contribution in [0.4, 0.5) is 0 Å². The number of guanidine groups is 1. The van der Waals surface area contributed by atoms with Crippen LogP contribution in [0.2, 0.25) is 0 Å². The molecule has 2 N–H and O–H groups in total. The monoisotopic (exact) mass is 447 g/mol. The van der Waals surface area contributed by atoms with Gasteiger partial charge < -0.3 is 20.1 Å². The Morgan fingerprint density at radius 1 is 1.21 bits per heavy atom. The Labute approximate surface area is 195 Å². The molecule has 0 spiro atoms. The molecule has 7 nitrogen and oxygen atoms in total. The smallest absolute Gasteiger partial charge is 0.191 e. The van der Waals surface area contributed by atoms with Gasteiger partial charge in [-0.3, -0.25) is 4.99 Å². The van der Waals surface area contributed by atoms with Crippen molar-refractivity contribution in [3.05, 3.63) is 77.6 Å². The van der Waals surface area contributed by atoms with Crippen LogP contribution < -0.4 is 15.4 Å². The Balaban J connectivity index is 1.26. The van der Waals surface area contributed by atoms with Crippen molar-refractivity contribution in [3.8, 4) is 11.4 Å². The van der Waals surface area contributed by atoms with Crippen molar-refractivity contribution in [1.82, 2.24) is 20.4 Å². The number of rotatable bonds is 9. The first-order valence-electron chi connectivity index (χ1n) is 11.5. The van der Waals surface area contributed by atoms with E-state index in [-0.39, 0.29) is 0 Å². The fourth-order valence-corrected chi connectivity index (χ4v) is 3.80. The van der Waals surface area contributed by atoms with Gasteiger partial charge in [-0.05, 0) is 49.1 Å². The van der Waals surface area contributed by atoms with Crippen molar-refractivity contribution in [2.45, 2.75) is 26.3 Å². The zero-order valence-corrected chi connectivity index (χ0v) is 19.5. The quantitative estimate of drug-likeness (QED) is 0.388. The highest BCUT2D eigenvalue weighted by molar-refractivity contribution is 5.79. The van der Waals surface area contributed by atoms with Crippen molar-refractivity contribution in [2.75, 3.05) is 33.4 Å². The number of aryl methyl sites for hydroxylation is 1. The van der Waals surface area contributed by atoms with Crippen molar-refractivity contribution >= 4 is 5.96 Å². The molecule has 174 valence electrons. The SMILES string of the molecule is CN=C(NCCc1cnn(-c2ccccc2)c1)NCc1ccc(C)cc1OCC1CCOC1. The molecule has 2 heterocycles. The van der Waals surface area contributed by atoms with Gasteiger partial charge in [0.25, 0.3) is 0 Å². The molecule has 1 unspecified atom stereocenters. The van der Waals surface area contributed by atoms with Gasteiger partial charge in [0, 0.05) is 44.4 Å². The summed E-state index contributed by atoms with van der Waals surface area (Å²) < 4.78 is 13.5. The Kier molecular flexibility index (Phi) is 7.98. The van der Waals surface area contributed by atoms with Gasteiger partial charge in [-0.25, -0.2) is 4.68 Å². The first-order chi connectivity index (χ1) is 16.2. The maximum absolute atomic E-state index is 6.16. The van der Waals surface area contributed by atoms with Gasteiger partial charge in [-0.15, -0.1) is 0 Å². The molecule has 0 amide bonds. The topological polar surface area (TPSA) is 72.7 Å². The number of aliphatic imine (C=N–C) groups is 1. The van der Waals surface area contributed by atoms with Crippen LogP contribution in [-0.2, 0) is 17.7 Å². The molecule has 0 bridgehead atoms. The molecule has 0 radical (unpaired) electrons. The Bertz CT molecular complexity index is 1040. The first-order valence-corrected chi connectivity index (χ1v) is 11.5. The Hall–Kier alpha value is -3.32. The van der Waals surface area contributed by atoms with Crippen molar-refractivity contribution in [2.24, 2.45) is 10.9 Å². The number of aromatic nitrogens is 2. The van der Waals surface area contributed by atoms with Gasteiger partial charge in [-0.1, -0.05) is 30.3 Å². The summed E-state index contributed by atoms with van der Waals surface area (Å²) in [7, 11) is 1.79. The van der Waals surface area contributed by atoms with Gasteiger partial charge >= 0.3 is 0 Å². The number of ether oxygens (including phenoxy) is 2. The maximum Gasteiger partial charge on any atom is 0.191 e. The highest BCUT2D eigenvalue weighted by Crippen LogP contribution is 2.22. The minimum atomic E-state index is 0.479. The Morgan fingerprint density at radius 2 is 2.09 bits per heavy atom. The van der Waals surface area contributed by atoms with E-state index in [1.807, 2.05) is 41.2 Å². The standard InChI is InChI=1S/C26H33N5O2/c1-20-8-9-23(25(14-20)33-19-22-11-13-32-18-22)16-29-26(27-2)28-12-10-21-15-30-31(17-21)24-6-4-3-5-7-24/h3-9,14-15,17,22H,10-13,16,18-19H2,1-2H3,(H2,27,28,29). The first kappa shape index (κ1) is 22.9. The van der Waals surface area contributed by atoms with E-state index in [2.05, 4.69) is 52.0 Å². The summed E-state index contributed by atoms with van der Waals surface area (Å²) in [4.78, 5) is 4.36. The van der Waals surface area contributed by atoms with E-state index in [0.717, 1.165) is 55.6 Å². The minimum Gasteiger partial charge on any atom is -0.493 e. The number of nitrogens with zero attached hydrogens (tertiary/aromatic N) is 3. The van der Waals surface area contributed by atoms with Gasteiger partial charge in [0.05, 0.1) is 25.1 Å². The van der Waals surface area contributed by atoms with Crippen molar-refractivity contribution in [1.29, 1.82) is 0 Å². The molecule has 1 aliphatic rings. The summed E-state index contributed by atoms with van der Waals surface area (Å²) in [6.45, 7) is 5.82. The number of benzene rings is 2. The summed E-state index contributed by atoms with van der Waals surface area (Å²) in [6.07, 6.45) is 5.91. The van der Waals surface area contributed by atoms with Crippen LogP contribution in [0.1, 0.15) is 23.1 Å². The average molecular weight is 448 g/mol. The van der Waals surface area contributed by atoms with Crippen LogP contribution in [0.15, 0.2) is 65.9 Å². The van der Waals surface area contributed by atoms with Gasteiger partial charge in [0.1, 0.15) is 5.75 Å². The minimum absolute atomic E-state index is 0.479. The molecular weight excluding hydrogens is 414 g/mol. The van der Waals surface area contributed by atoms with Gasteiger partial charge in [0.15, 0.2) is 5.96 Å². The number of nitrogens with one attached hydrogen (secondary N) is 2. The molecule has 4 rings (SSSR count). The lowest BCUT2D eigenvalue weighted by Crippen LogP contribution is -2.37. The molecule has 0 aliphatic carbocycles. The highest BCUT2D eigenvalue weighted by Gasteiger charge is 2.17. The van der Waals surface area contributed by atoms with Crippen LogP contribution >= 0.6 is 0 Å². The molecule has 1 aromatic heterocycles. The van der Waals surface area contributed by atoms with Crippen LogP contribution in [0, 0.1) is 12.8 Å². The van der Waals surface area contributed by atoms with E-state index in [1.54, 1.807) is 7.05 Å². The number of para-hydroxylation sites is 1. The molecule has 3 aromatic rings. The summed E-state index contributed by atoms with van der Waals surface area (Å²) in [5, 5.41) is 11.3. The van der Waals surface area contributed by atoms with E-state index in [1.165, 1.54) is 11.1 Å². The number of hydrogen-bond acceptors (Lipinski definition) is 4. The highest BCUT2D eigenvalue weighted by atomic mass is 16.5. The second-order valence-corrected chi connectivity index (χ2v) is 8.38. The molecule has 1 saturated heterocycles. The van der Waals surface area contributed by atoms with Crippen molar-refractivity contribution in [3.63, 3.8) is 0 Å². The third kappa shape index (κ3) is 6.58. The zero-order valence-electron chi connectivity index (χ0n) is 19.5. The molecular formula is C26H33N5O2. The Morgan fingerprint density at radius 3 is 2.88 bits per heavy atom. The van der Waals surface area contributed by atoms with E-state index < -0.39 is 0 Å². The second kappa shape index (κ2) is 11.5. The predicted molar refractivity (Wildman–Crippen MR) is 131 cm³/mol. The fourth-order valence-electron chi connectivity index (χ4n) is 3.80. The van der Waals surface area contributed by atoms with Crippen molar-refractivity contribution < 1.29 is 9.47 Å². The normalized spacial score (nSPS) is 16.1. The fraction of sp³-hybridized carbons (Fsp3) is 0.385. The van der Waals surface area contributed by atoms with E-state index in [0.29, 0.717) is 19.1 Å². The zero-order chi connectivity index (χ0) is 22.9. The largest absolute Gasteiger partial charge is 0.493 e. The van der Waals surface area contributed by atoms with Crippen LogP contribution in [0.5, 0.6) is 5.75 Å². The molecule has 1 atom stereocenters. The molecule has 33 heavy (non-hydrogen) atoms. The van der Waals surface area contributed by atoms with Crippen LogP contribution in [-0.4, -0.2) is 49.2 Å². The van der Waals surface area contributed by atoms with Gasteiger partial charge in [-0.2, -0.15) is 5.10 Å². The summed E-state index contributed by atoms with van der Waals surface area (Å²) in [5.74, 6) is 2.17. The molecule has 7 heteroatoms. The molecule has 2 aromatic carbocycles. The van der Waals surface area contributed by atoms with E-state index >= 15 is 0 Å². The van der Waals surface area contributed by atoms with Gasteiger partial charge in [0.2, 0.25) is 0 Å². The van der Waals surface area contributed by atoms with Crippen LogP contribution in [0.3, 0.4) is 0 Å². The summed E-state index contributed by atoms with van der Waals surface area (Å²) in [6, 6.07) is 16.5. The molecule has 0 saturated carbocycles. The molecule has 1 fully saturated rings. The van der Waals surface area contributed by atoms with E-state index in [4.69, 9.17) is 9.47 Å². The molecule has 1 aliphatic heterocycles. The van der Waals surface area contributed by atoms with E-state index in [9.17, 15) is 0 Å². The summed E-state index contributed by atoms with van der Waals surface area (Å²) in [5.41, 5.74) is 4.54. The lowest BCUT2D eigenvalue weighted by atomic mass is 10.1. The third-order valence-electron chi connectivity index (χ3n) is 5.75. The average Bonchev–Trinajstić information content (AvgIpc) is 3.54. The summed E-state index contributed by atoms with van der Waals surface area (Å²) >= 11 is 0. The lowest BCUT2D eigenvalue weighted by molar-refractivity contribution is 0.166. The second-order valence-electron chi connectivity index (χ2n) is 8.38. The van der Waals surface area contributed by atoms with Crippen LogP contribution in [0.25, 0.3) is 5.69 Å². The maximum atomic E-state index is 6.16. The number of hydrogen-bond donors (Lipinski definition) is 2.